The molecule has 0 spiro atoms. The van der Waals surface area contributed by atoms with Gasteiger partial charge in [0.1, 0.15) is 6.07 Å². The fourth-order valence-corrected chi connectivity index (χ4v) is 2.67. The maximum absolute atomic E-state index is 12.5. The number of pyridine rings is 1. The quantitative estimate of drug-likeness (QED) is 0.691. The van der Waals surface area contributed by atoms with Crippen LogP contribution < -0.4 is 10.6 Å². The van der Waals surface area contributed by atoms with Crippen molar-refractivity contribution in [2.45, 2.75) is 6.92 Å². The van der Waals surface area contributed by atoms with Crippen molar-refractivity contribution < 1.29 is 4.79 Å². The predicted octanol–water partition coefficient (Wildman–Crippen LogP) is 4.91. The molecule has 0 fully saturated rings. The van der Waals surface area contributed by atoms with Crippen molar-refractivity contribution in [3.8, 4) is 6.07 Å². The summed E-state index contributed by atoms with van der Waals surface area (Å²) in [5.41, 5.74) is 3.79. The van der Waals surface area contributed by atoms with E-state index < -0.39 is 0 Å². The zero-order valence-corrected chi connectivity index (χ0v) is 14.7. The second-order valence-corrected chi connectivity index (χ2v) is 6.09. The maximum atomic E-state index is 12.5. The molecular formula is C20H15ClN4O. The molecule has 0 unspecified atom stereocenters. The molecule has 26 heavy (non-hydrogen) atoms. The number of hydrogen-bond acceptors (Lipinski definition) is 4. The van der Waals surface area contributed by atoms with Gasteiger partial charge in [0.25, 0.3) is 5.91 Å². The number of aryl methyl sites for hydroxylation is 1. The standard InChI is InChI=1S/C20H15ClN4O/c1-13-8-16(21)6-7-18(13)24-17-9-15(11-23-12-17)20(26)25-19-5-3-2-4-14(19)10-22/h2-9,11-12,24H,1H3,(H,25,26). The molecule has 1 amide bonds. The summed E-state index contributed by atoms with van der Waals surface area (Å²) in [6.07, 6.45) is 3.11. The number of nitriles is 1. The van der Waals surface area contributed by atoms with Crippen LogP contribution in [0.3, 0.4) is 0 Å². The Morgan fingerprint density at radius 1 is 1.12 bits per heavy atom. The van der Waals surface area contributed by atoms with Crippen LogP contribution in [0.5, 0.6) is 0 Å². The van der Waals surface area contributed by atoms with Gasteiger partial charge in [-0.15, -0.1) is 0 Å². The van der Waals surface area contributed by atoms with Crippen LogP contribution in [0.4, 0.5) is 17.1 Å². The third kappa shape index (κ3) is 4.00. The summed E-state index contributed by atoms with van der Waals surface area (Å²) in [7, 11) is 0. The minimum atomic E-state index is -0.336. The minimum absolute atomic E-state index is 0.336. The van der Waals surface area contributed by atoms with E-state index in [9.17, 15) is 4.79 Å². The SMILES string of the molecule is Cc1cc(Cl)ccc1Nc1cncc(C(=O)Nc2ccccc2C#N)c1. The molecule has 0 aliphatic heterocycles. The van der Waals surface area contributed by atoms with E-state index >= 15 is 0 Å². The maximum Gasteiger partial charge on any atom is 0.257 e. The van der Waals surface area contributed by atoms with Gasteiger partial charge < -0.3 is 10.6 Å². The fraction of sp³-hybridized carbons (Fsp3) is 0.0500. The minimum Gasteiger partial charge on any atom is -0.354 e. The number of para-hydroxylation sites is 1. The largest absolute Gasteiger partial charge is 0.354 e. The van der Waals surface area contributed by atoms with Gasteiger partial charge >= 0.3 is 0 Å². The number of nitrogens with zero attached hydrogens (tertiary/aromatic N) is 2. The van der Waals surface area contributed by atoms with E-state index in [0.29, 0.717) is 27.5 Å². The Labute approximate surface area is 156 Å². The number of anilines is 3. The molecular weight excluding hydrogens is 348 g/mol. The van der Waals surface area contributed by atoms with Crippen molar-refractivity contribution in [3.05, 3.63) is 82.6 Å². The van der Waals surface area contributed by atoms with Crippen molar-refractivity contribution in [2.75, 3.05) is 10.6 Å². The molecule has 0 aliphatic carbocycles. The molecule has 3 rings (SSSR count). The molecule has 2 N–H and O–H groups in total. The van der Waals surface area contributed by atoms with Crippen molar-refractivity contribution in [2.24, 2.45) is 0 Å². The number of nitrogens with one attached hydrogen (secondary N) is 2. The van der Waals surface area contributed by atoms with Crippen LogP contribution in [0.25, 0.3) is 0 Å². The van der Waals surface area contributed by atoms with E-state index in [-0.39, 0.29) is 5.91 Å². The van der Waals surface area contributed by atoms with Crippen LogP contribution >= 0.6 is 11.6 Å². The van der Waals surface area contributed by atoms with Gasteiger partial charge in [0.2, 0.25) is 0 Å². The van der Waals surface area contributed by atoms with Gasteiger partial charge in [-0.1, -0.05) is 23.7 Å². The molecule has 0 saturated heterocycles. The number of halogens is 1. The van der Waals surface area contributed by atoms with E-state index in [1.54, 1.807) is 42.6 Å². The first-order valence-electron chi connectivity index (χ1n) is 7.85. The highest BCUT2D eigenvalue weighted by Gasteiger charge is 2.10. The molecule has 0 atom stereocenters. The zero-order chi connectivity index (χ0) is 18.5. The van der Waals surface area contributed by atoms with Gasteiger partial charge in [-0.2, -0.15) is 5.26 Å². The molecule has 2 aromatic carbocycles. The van der Waals surface area contributed by atoms with Gasteiger partial charge in [0, 0.05) is 16.9 Å². The van der Waals surface area contributed by atoms with Crippen LogP contribution in [0, 0.1) is 18.3 Å². The lowest BCUT2D eigenvalue weighted by Gasteiger charge is -2.11. The Hall–Kier alpha value is -3.36. The lowest BCUT2D eigenvalue weighted by Crippen LogP contribution is -2.13. The fourth-order valence-electron chi connectivity index (χ4n) is 2.44. The molecule has 0 saturated carbocycles. The lowest BCUT2D eigenvalue weighted by atomic mass is 10.1. The number of hydrogen-bond donors (Lipinski definition) is 2. The molecule has 0 radical (unpaired) electrons. The number of carbonyl (C=O) groups is 1. The summed E-state index contributed by atoms with van der Waals surface area (Å²) in [6, 6.07) is 16.1. The van der Waals surface area contributed by atoms with E-state index in [4.69, 9.17) is 16.9 Å². The first-order valence-corrected chi connectivity index (χ1v) is 8.23. The Bertz CT molecular complexity index is 1010. The van der Waals surface area contributed by atoms with Gasteiger partial charge in [0.05, 0.1) is 28.7 Å². The summed E-state index contributed by atoms with van der Waals surface area (Å²) in [5.74, 6) is -0.336. The monoisotopic (exact) mass is 362 g/mol. The molecule has 128 valence electrons. The molecule has 5 nitrogen and oxygen atoms in total. The van der Waals surface area contributed by atoms with Gasteiger partial charge in [-0.05, 0) is 48.9 Å². The number of benzene rings is 2. The van der Waals surface area contributed by atoms with E-state index in [1.807, 2.05) is 19.1 Å². The summed E-state index contributed by atoms with van der Waals surface area (Å²) < 4.78 is 0. The molecule has 3 aromatic rings. The van der Waals surface area contributed by atoms with Crippen LogP contribution in [-0.2, 0) is 0 Å². The Morgan fingerprint density at radius 3 is 2.69 bits per heavy atom. The van der Waals surface area contributed by atoms with Crippen molar-refractivity contribution in [1.82, 2.24) is 4.98 Å². The highest BCUT2D eigenvalue weighted by Crippen LogP contribution is 2.24. The summed E-state index contributed by atoms with van der Waals surface area (Å²) in [5, 5.41) is 15.8. The second kappa shape index (κ2) is 7.68. The number of rotatable bonds is 4. The molecule has 1 aromatic heterocycles. The molecule has 0 aliphatic rings. The second-order valence-electron chi connectivity index (χ2n) is 5.66. The Kier molecular flexibility index (Phi) is 5.16. The smallest absolute Gasteiger partial charge is 0.257 e. The third-order valence-corrected chi connectivity index (χ3v) is 4.00. The van der Waals surface area contributed by atoms with Gasteiger partial charge in [-0.25, -0.2) is 0 Å². The van der Waals surface area contributed by atoms with Crippen molar-refractivity contribution in [1.29, 1.82) is 5.26 Å². The van der Waals surface area contributed by atoms with E-state index in [2.05, 4.69) is 21.7 Å². The Morgan fingerprint density at radius 2 is 1.92 bits per heavy atom. The van der Waals surface area contributed by atoms with Crippen LogP contribution in [-0.4, -0.2) is 10.9 Å². The predicted molar refractivity (Wildman–Crippen MR) is 103 cm³/mol. The summed E-state index contributed by atoms with van der Waals surface area (Å²) in [6.45, 7) is 1.94. The normalized spacial score (nSPS) is 10.0. The Balaban J connectivity index is 1.80. The van der Waals surface area contributed by atoms with E-state index in [1.165, 1.54) is 6.20 Å². The third-order valence-electron chi connectivity index (χ3n) is 3.76. The summed E-state index contributed by atoms with van der Waals surface area (Å²) in [4.78, 5) is 16.6. The number of amides is 1. The van der Waals surface area contributed by atoms with Gasteiger partial charge in [-0.3, -0.25) is 9.78 Å². The highest BCUT2D eigenvalue weighted by molar-refractivity contribution is 6.30. The zero-order valence-electron chi connectivity index (χ0n) is 14.0. The number of carbonyl (C=O) groups excluding carboxylic acids is 1. The molecule has 1 heterocycles. The molecule has 6 heteroatoms. The highest BCUT2D eigenvalue weighted by atomic mass is 35.5. The van der Waals surface area contributed by atoms with Crippen LogP contribution in [0.2, 0.25) is 5.02 Å². The first kappa shape index (κ1) is 17.5. The average molecular weight is 363 g/mol. The van der Waals surface area contributed by atoms with Crippen LogP contribution in [0.15, 0.2) is 60.9 Å². The van der Waals surface area contributed by atoms with Gasteiger partial charge in [0.15, 0.2) is 0 Å². The van der Waals surface area contributed by atoms with Crippen LogP contribution in [0.1, 0.15) is 21.5 Å². The van der Waals surface area contributed by atoms with E-state index in [0.717, 1.165) is 11.3 Å². The van der Waals surface area contributed by atoms with Crippen molar-refractivity contribution in [3.63, 3.8) is 0 Å². The molecule has 0 bridgehead atoms. The van der Waals surface area contributed by atoms with Crippen molar-refractivity contribution >= 4 is 34.6 Å². The first-order chi connectivity index (χ1) is 12.6. The topological polar surface area (TPSA) is 77.8 Å². The average Bonchev–Trinajstić information content (AvgIpc) is 2.65. The lowest BCUT2D eigenvalue weighted by molar-refractivity contribution is 0.102. The summed E-state index contributed by atoms with van der Waals surface area (Å²) >= 11 is 5.97. The number of aromatic nitrogens is 1.